The lowest BCUT2D eigenvalue weighted by Crippen LogP contribution is -1.81. The van der Waals surface area contributed by atoms with Crippen molar-refractivity contribution in [2.75, 3.05) is 0 Å². The summed E-state index contributed by atoms with van der Waals surface area (Å²) in [5.41, 5.74) is 3.71. The summed E-state index contributed by atoms with van der Waals surface area (Å²) in [5, 5.41) is 1.29. The molecule has 1 aromatic carbocycles. The molecule has 20 heavy (non-hydrogen) atoms. The van der Waals surface area contributed by atoms with E-state index < -0.39 is 0 Å². The fourth-order valence-electron chi connectivity index (χ4n) is 2.10. The van der Waals surface area contributed by atoms with E-state index in [9.17, 15) is 0 Å². The van der Waals surface area contributed by atoms with Gasteiger partial charge in [0, 0.05) is 15.0 Å². The molecular weight excluding hydrogens is 260 g/mol. The molecule has 1 aromatic heterocycles. The van der Waals surface area contributed by atoms with Gasteiger partial charge in [-0.1, -0.05) is 55.7 Å². The van der Waals surface area contributed by atoms with E-state index >= 15 is 0 Å². The second-order valence-corrected chi connectivity index (χ2v) is 5.56. The molecule has 0 fully saturated rings. The molecular formula is C19H22S. The van der Waals surface area contributed by atoms with Crippen LogP contribution in [0.5, 0.6) is 0 Å². The smallest absolute Gasteiger partial charge is 0.0430 e. The van der Waals surface area contributed by atoms with Gasteiger partial charge in [0.05, 0.1) is 0 Å². The molecule has 0 saturated carbocycles. The fraction of sp³-hybridized carbons (Fsp3) is 0.158. The summed E-state index contributed by atoms with van der Waals surface area (Å²) in [6.07, 6.45) is 9.84. The van der Waals surface area contributed by atoms with Crippen LogP contribution in [0.25, 0.3) is 28.3 Å². The van der Waals surface area contributed by atoms with Gasteiger partial charge in [0.2, 0.25) is 0 Å². The van der Waals surface area contributed by atoms with E-state index in [0.717, 1.165) is 0 Å². The van der Waals surface area contributed by atoms with Gasteiger partial charge >= 0.3 is 0 Å². The molecule has 0 saturated heterocycles. The van der Waals surface area contributed by atoms with Crippen LogP contribution in [0.15, 0.2) is 44.0 Å². The topological polar surface area (TPSA) is 0 Å². The second-order valence-electron chi connectivity index (χ2n) is 4.33. The Bertz CT molecular complexity index is 654. The van der Waals surface area contributed by atoms with Crippen molar-refractivity contribution in [3.05, 3.63) is 65.6 Å². The van der Waals surface area contributed by atoms with Crippen LogP contribution >= 0.6 is 11.3 Å². The maximum Gasteiger partial charge on any atom is 0.0430 e. The van der Waals surface area contributed by atoms with Gasteiger partial charge in [0.25, 0.3) is 0 Å². The Kier molecular flexibility index (Phi) is 6.20. The van der Waals surface area contributed by atoms with E-state index in [4.69, 9.17) is 0 Å². The highest BCUT2D eigenvalue weighted by Gasteiger charge is 2.10. The minimum atomic E-state index is 1.19. The summed E-state index contributed by atoms with van der Waals surface area (Å²) in [7, 11) is 0. The lowest BCUT2D eigenvalue weighted by atomic mass is 10.0. The maximum atomic E-state index is 3.90. The van der Waals surface area contributed by atoms with Gasteiger partial charge in [0.1, 0.15) is 0 Å². The van der Waals surface area contributed by atoms with Crippen molar-refractivity contribution in [1.29, 1.82) is 0 Å². The Balaban J connectivity index is 0.000000612. The number of fused-ring (bicyclic) bond motifs is 1. The van der Waals surface area contributed by atoms with Gasteiger partial charge in [0.15, 0.2) is 0 Å². The van der Waals surface area contributed by atoms with Crippen LogP contribution in [0.3, 0.4) is 0 Å². The summed E-state index contributed by atoms with van der Waals surface area (Å²) in [6, 6.07) is 4.30. The van der Waals surface area contributed by atoms with Crippen molar-refractivity contribution in [2.24, 2.45) is 0 Å². The van der Waals surface area contributed by atoms with E-state index in [0.29, 0.717) is 0 Å². The van der Waals surface area contributed by atoms with Crippen molar-refractivity contribution in [3.8, 4) is 0 Å². The molecule has 0 amide bonds. The van der Waals surface area contributed by atoms with Crippen molar-refractivity contribution >= 4 is 39.7 Å². The van der Waals surface area contributed by atoms with Crippen LogP contribution in [-0.2, 0) is 0 Å². The first-order valence-corrected chi connectivity index (χ1v) is 7.46. The molecule has 0 aliphatic carbocycles. The van der Waals surface area contributed by atoms with E-state index in [1.54, 1.807) is 6.08 Å². The van der Waals surface area contributed by atoms with Gasteiger partial charge in [-0.25, -0.2) is 0 Å². The van der Waals surface area contributed by atoms with Crippen molar-refractivity contribution in [1.82, 2.24) is 0 Å². The number of benzene rings is 1. The lowest BCUT2D eigenvalue weighted by Gasteiger charge is -2.03. The predicted molar refractivity (Wildman–Crippen MR) is 97.3 cm³/mol. The molecule has 0 aliphatic heterocycles. The van der Waals surface area contributed by atoms with Crippen LogP contribution in [0.1, 0.15) is 35.4 Å². The number of thiophene rings is 1. The van der Waals surface area contributed by atoms with Crippen molar-refractivity contribution < 1.29 is 0 Å². The zero-order valence-electron chi connectivity index (χ0n) is 12.6. The normalized spacial score (nSPS) is 10.2. The zero-order chi connectivity index (χ0) is 15.1. The largest absolute Gasteiger partial charge is 0.139 e. The monoisotopic (exact) mass is 282 g/mol. The van der Waals surface area contributed by atoms with E-state index in [1.165, 1.54) is 31.7 Å². The van der Waals surface area contributed by atoms with Gasteiger partial charge < -0.3 is 0 Å². The van der Waals surface area contributed by atoms with Crippen LogP contribution < -0.4 is 0 Å². The Morgan fingerprint density at radius 2 is 1.65 bits per heavy atom. The second kappa shape index (κ2) is 7.66. The van der Waals surface area contributed by atoms with Crippen LogP contribution in [0, 0.1) is 6.92 Å². The van der Waals surface area contributed by atoms with Gasteiger partial charge in [-0.2, -0.15) is 0 Å². The number of aryl methyl sites for hydroxylation is 1. The predicted octanol–water partition coefficient (Wildman–Crippen LogP) is 6.72. The number of allylic oxidation sites excluding steroid dienone is 2. The molecule has 2 aromatic rings. The molecule has 0 N–H and O–H groups in total. The van der Waals surface area contributed by atoms with Gasteiger partial charge in [-0.3, -0.25) is 0 Å². The highest BCUT2D eigenvalue weighted by Crippen LogP contribution is 2.36. The minimum absolute atomic E-state index is 1.19. The lowest BCUT2D eigenvalue weighted by molar-refractivity contribution is 1.61. The molecule has 0 bridgehead atoms. The number of rotatable bonds is 3. The Morgan fingerprint density at radius 1 is 1.00 bits per heavy atom. The zero-order valence-corrected chi connectivity index (χ0v) is 13.4. The quantitative estimate of drug-likeness (QED) is 0.548. The van der Waals surface area contributed by atoms with Crippen LogP contribution in [-0.4, -0.2) is 0 Å². The Morgan fingerprint density at radius 3 is 2.15 bits per heavy atom. The molecule has 0 spiro atoms. The molecule has 0 aliphatic rings. The summed E-state index contributed by atoms with van der Waals surface area (Å²) in [4.78, 5) is 1.32. The molecule has 104 valence electrons. The Hall–Kier alpha value is -1.86. The van der Waals surface area contributed by atoms with E-state index in [1.807, 2.05) is 37.3 Å². The minimum Gasteiger partial charge on any atom is -0.139 e. The first-order valence-electron chi connectivity index (χ1n) is 6.65. The summed E-state index contributed by atoms with van der Waals surface area (Å²) in [6.45, 7) is 17.2. The third-order valence-corrected chi connectivity index (χ3v) is 4.08. The van der Waals surface area contributed by atoms with E-state index in [-0.39, 0.29) is 0 Å². The molecule has 1 heterocycles. The first-order chi connectivity index (χ1) is 9.64. The van der Waals surface area contributed by atoms with Crippen molar-refractivity contribution in [2.45, 2.75) is 20.8 Å². The number of hydrogen-bond donors (Lipinski definition) is 0. The SMILES string of the molecule is C=CC.C=Cc1ccc2c(C=C)c(C)sc2c1/C=C\C. The molecule has 0 atom stereocenters. The summed E-state index contributed by atoms with van der Waals surface area (Å²) < 4.78 is 1.33. The maximum absolute atomic E-state index is 3.90. The van der Waals surface area contributed by atoms with Gasteiger partial charge in [-0.15, -0.1) is 17.9 Å². The molecule has 0 unspecified atom stereocenters. The fourth-order valence-corrected chi connectivity index (χ4v) is 3.30. The molecule has 2 rings (SSSR count). The third kappa shape index (κ3) is 3.17. The highest BCUT2D eigenvalue weighted by molar-refractivity contribution is 7.19. The van der Waals surface area contributed by atoms with E-state index in [2.05, 4.69) is 50.9 Å². The average molecular weight is 282 g/mol. The third-order valence-electron chi connectivity index (χ3n) is 2.91. The van der Waals surface area contributed by atoms with Crippen LogP contribution in [0.4, 0.5) is 0 Å². The van der Waals surface area contributed by atoms with Gasteiger partial charge in [-0.05, 0) is 37.5 Å². The van der Waals surface area contributed by atoms with Crippen LogP contribution in [0.2, 0.25) is 0 Å². The summed E-state index contributed by atoms with van der Waals surface area (Å²) in [5.74, 6) is 0. The molecule has 0 nitrogen and oxygen atoms in total. The molecule has 0 radical (unpaired) electrons. The first kappa shape index (κ1) is 16.2. The summed E-state index contributed by atoms with van der Waals surface area (Å²) >= 11 is 1.83. The average Bonchev–Trinajstić information content (AvgIpc) is 2.76. The highest BCUT2D eigenvalue weighted by atomic mass is 32.1. The standard InChI is InChI=1S/C16H16S.C3H6/c1-5-8-14-12(6-2)9-10-15-13(7-3)11(4)17-16(14)15;1-3-2/h5-10H,2-3H2,1,4H3;3H,1H2,2H3/b8-5-;. The Labute approximate surface area is 126 Å². The number of hydrogen-bond acceptors (Lipinski definition) is 1. The van der Waals surface area contributed by atoms with Crippen molar-refractivity contribution in [3.63, 3.8) is 0 Å². The molecule has 1 heteroatoms.